The SMILES string of the molecule is CCCOc1ccc(/C(O)=C2\C(=O)C(=O)N(c3ccc(CC)cc3)C2c2ccc(F)cc2)cc1. The normalized spacial score (nSPS) is 17.3. The van der Waals surface area contributed by atoms with Gasteiger partial charge in [0.25, 0.3) is 11.7 Å². The second-order valence-corrected chi connectivity index (χ2v) is 8.11. The van der Waals surface area contributed by atoms with Gasteiger partial charge in [0.1, 0.15) is 17.3 Å². The van der Waals surface area contributed by atoms with E-state index in [-0.39, 0.29) is 11.3 Å². The van der Waals surface area contributed by atoms with Gasteiger partial charge in [-0.15, -0.1) is 0 Å². The fourth-order valence-electron chi connectivity index (χ4n) is 4.04. The van der Waals surface area contributed by atoms with Gasteiger partial charge in [0, 0.05) is 11.3 Å². The summed E-state index contributed by atoms with van der Waals surface area (Å²) in [5.74, 6) is -1.62. The maximum absolute atomic E-state index is 13.7. The minimum absolute atomic E-state index is 0.0431. The van der Waals surface area contributed by atoms with Crippen LogP contribution in [0.5, 0.6) is 5.75 Å². The topological polar surface area (TPSA) is 66.8 Å². The van der Waals surface area contributed by atoms with E-state index >= 15 is 0 Å². The molecule has 1 unspecified atom stereocenters. The molecule has 1 N–H and O–H groups in total. The molecule has 4 rings (SSSR count). The average Bonchev–Trinajstić information content (AvgIpc) is 3.13. The largest absolute Gasteiger partial charge is 0.507 e. The Morgan fingerprint density at radius 1 is 0.941 bits per heavy atom. The van der Waals surface area contributed by atoms with Crippen LogP contribution in [0.4, 0.5) is 10.1 Å². The zero-order valence-corrected chi connectivity index (χ0v) is 19.1. The van der Waals surface area contributed by atoms with E-state index in [4.69, 9.17) is 4.74 Å². The molecule has 0 radical (unpaired) electrons. The molecule has 1 heterocycles. The monoisotopic (exact) mass is 459 g/mol. The molecule has 6 heteroatoms. The van der Waals surface area contributed by atoms with E-state index in [1.807, 2.05) is 26.0 Å². The fourth-order valence-corrected chi connectivity index (χ4v) is 4.04. The summed E-state index contributed by atoms with van der Waals surface area (Å²) in [4.78, 5) is 27.7. The number of ketones is 1. The van der Waals surface area contributed by atoms with Crippen molar-refractivity contribution in [3.8, 4) is 5.75 Å². The molecule has 0 aliphatic carbocycles. The fraction of sp³-hybridized carbons (Fsp3) is 0.214. The van der Waals surface area contributed by atoms with Crippen LogP contribution < -0.4 is 9.64 Å². The lowest BCUT2D eigenvalue weighted by atomic mass is 9.95. The van der Waals surface area contributed by atoms with Gasteiger partial charge in [-0.3, -0.25) is 14.5 Å². The van der Waals surface area contributed by atoms with Gasteiger partial charge in [0.05, 0.1) is 18.2 Å². The van der Waals surface area contributed by atoms with Crippen LogP contribution in [0.2, 0.25) is 0 Å². The van der Waals surface area contributed by atoms with E-state index in [1.165, 1.54) is 29.2 Å². The highest BCUT2D eigenvalue weighted by Gasteiger charge is 2.46. The van der Waals surface area contributed by atoms with Crippen molar-refractivity contribution in [2.45, 2.75) is 32.7 Å². The number of aryl methyl sites for hydroxylation is 1. The molecule has 3 aromatic rings. The predicted molar refractivity (Wildman–Crippen MR) is 129 cm³/mol. The first-order valence-electron chi connectivity index (χ1n) is 11.3. The highest BCUT2D eigenvalue weighted by molar-refractivity contribution is 6.51. The van der Waals surface area contributed by atoms with Crippen LogP contribution in [-0.4, -0.2) is 23.4 Å². The van der Waals surface area contributed by atoms with E-state index < -0.39 is 23.5 Å². The summed E-state index contributed by atoms with van der Waals surface area (Å²) in [6.45, 7) is 4.60. The minimum Gasteiger partial charge on any atom is -0.507 e. The third kappa shape index (κ3) is 4.44. The lowest BCUT2D eigenvalue weighted by Gasteiger charge is -2.25. The zero-order valence-electron chi connectivity index (χ0n) is 19.1. The Kier molecular flexibility index (Phi) is 6.77. The summed E-state index contributed by atoms with van der Waals surface area (Å²) in [5.41, 5.74) is 2.47. The summed E-state index contributed by atoms with van der Waals surface area (Å²) < 4.78 is 19.2. The molecule has 0 spiro atoms. The third-order valence-corrected chi connectivity index (χ3v) is 5.85. The Bertz CT molecular complexity index is 1210. The number of halogens is 1. The van der Waals surface area contributed by atoms with Crippen molar-refractivity contribution in [3.05, 3.63) is 101 Å². The second-order valence-electron chi connectivity index (χ2n) is 8.11. The molecule has 34 heavy (non-hydrogen) atoms. The van der Waals surface area contributed by atoms with Crippen molar-refractivity contribution in [3.63, 3.8) is 0 Å². The smallest absolute Gasteiger partial charge is 0.300 e. The van der Waals surface area contributed by atoms with E-state index in [0.717, 1.165) is 18.4 Å². The van der Waals surface area contributed by atoms with Crippen molar-refractivity contribution >= 4 is 23.1 Å². The van der Waals surface area contributed by atoms with E-state index in [0.29, 0.717) is 29.2 Å². The first kappa shape index (κ1) is 23.2. The standard InChI is InChI=1S/C28H26FNO4/c1-3-17-34-23-15-9-20(10-16-23)26(31)24-25(19-7-11-21(29)12-8-19)30(28(33)27(24)32)22-13-5-18(4-2)6-14-22/h5-16,25,31H,3-4,17H2,1-2H3/b26-24+. The number of aliphatic hydroxyl groups excluding tert-OH is 1. The molecule has 1 saturated heterocycles. The molecule has 1 fully saturated rings. The van der Waals surface area contributed by atoms with Crippen LogP contribution in [-0.2, 0) is 16.0 Å². The highest BCUT2D eigenvalue weighted by Crippen LogP contribution is 2.42. The van der Waals surface area contributed by atoms with Crippen LogP contribution in [0, 0.1) is 5.82 Å². The third-order valence-electron chi connectivity index (χ3n) is 5.85. The summed E-state index contributed by atoms with van der Waals surface area (Å²) in [7, 11) is 0. The first-order valence-corrected chi connectivity index (χ1v) is 11.3. The Balaban J connectivity index is 1.83. The number of amides is 1. The van der Waals surface area contributed by atoms with E-state index in [1.54, 1.807) is 36.4 Å². The Morgan fingerprint density at radius 2 is 1.59 bits per heavy atom. The van der Waals surface area contributed by atoms with Gasteiger partial charge in [-0.2, -0.15) is 0 Å². The second kappa shape index (κ2) is 9.91. The van der Waals surface area contributed by atoms with Crippen LogP contribution in [0.1, 0.15) is 43.0 Å². The van der Waals surface area contributed by atoms with Gasteiger partial charge in [-0.05, 0) is 72.5 Å². The van der Waals surface area contributed by atoms with Crippen molar-refractivity contribution in [2.75, 3.05) is 11.5 Å². The van der Waals surface area contributed by atoms with Crippen molar-refractivity contribution in [2.24, 2.45) is 0 Å². The molecule has 0 aromatic heterocycles. The van der Waals surface area contributed by atoms with Gasteiger partial charge in [-0.25, -0.2) is 4.39 Å². The van der Waals surface area contributed by atoms with Crippen molar-refractivity contribution < 1.29 is 23.8 Å². The lowest BCUT2D eigenvalue weighted by molar-refractivity contribution is -0.132. The number of Topliss-reactive ketones (excluding diaryl/α,β-unsaturated/α-hetero) is 1. The summed E-state index contributed by atoms with van der Waals surface area (Å²) in [6.07, 6.45) is 1.69. The maximum Gasteiger partial charge on any atom is 0.300 e. The number of carbonyl (C=O) groups excluding carboxylic acids is 2. The lowest BCUT2D eigenvalue weighted by Crippen LogP contribution is -2.29. The van der Waals surface area contributed by atoms with E-state index in [9.17, 15) is 19.1 Å². The van der Waals surface area contributed by atoms with E-state index in [2.05, 4.69) is 0 Å². The first-order chi connectivity index (χ1) is 16.4. The number of hydrogen-bond donors (Lipinski definition) is 1. The molecular weight excluding hydrogens is 433 g/mol. The average molecular weight is 460 g/mol. The predicted octanol–water partition coefficient (Wildman–Crippen LogP) is 5.80. The van der Waals surface area contributed by atoms with Crippen LogP contribution >= 0.6 is 0 Å². The van der Waals surface area contributed by atoms with Crippen LogP contribution in [0.15, 0.2) is 78.4 Å². The maximum atomic E-state index is 13.7. The van der Waals surface area contributed by atoms with Gasteiger partial charge >= 0.3 is 0 Å². The molecule has 1 atom stereocenters. The molecule has 3 aromatic carbocycles. The van der Waals surface area contributed by atoms with Crippen LogP contribution in [0.25, 0.3) is 5.76 Å². The Hall–Kier alpha value is -3.93. The molecule has 1 amide bonds. The number of rotatable bonds is 7. The van der Waals surface area contributed by atoms with Crippen molar-refractivity contribution in [1.82, 2.24) is 0 Å². The molecule has 0 bridgehead atoms. The number of carbonyl (C=O) groups is 2. The molecule has 0 saturated carbocycles. The summed E-state index contributed by atoms with van der Waals surface area (Å²) >= 11 is 0. The highest BCUT2D eigenvalue weighted by atomic mass is 19.1. The minimum atomic E-state index is -0.899. The van der Waals surface area contributed by atoms with Gasteiger partial charge in [-0.1, -0.05) is 38.1 Å². The molecular formula is C28H26FNO4. The number of benzene rings is 3. The number of nitrogens with zero attached hydrogens (tertiary/aromatic N) is 1. The number of hydrogen-bond acceptors (Lipinski definition) is 4. The summed E-state index contributed by atoms with van der Waals surface area (Å²) in [5, 5.41) is 11.2. The number of ether oxygens (including phenoxy) is 1. The van der Waals surface area contributed by atoms with Gasteiger partial charge in [0.15, 0.2) is 0 Å². The van der Waals surface area contributed by atoms with Crippen molar-refractivity contribution in [1.29, 1.82) is 0 Å². The molecule has 174 valence electrons. The number of anilines is 1. The summed E-state index contributed by atoms with van der Waals surface area (Å²) in [6, 6.07) is 18.7. The van der Waals surface area contributed by atoms with Gasteiger partial charge < -0.3 is 9.84 Å². The molecule has 1 aliphatic heterocycles. The Labute approximate surface area is 198 Å². The quantitative estimate of drug-likeness (QED) is 0.275. The molecule has 1 aliphatic rings. The zero-order chi connectivity index (χ0) is 24.2. The Morgan fingerprint density at radius 3 is 2.18 bits per heavy atom. The van der Waals surface area contributed by atoms with Gasteiger partial charge in [0.2, 0.25) is 0 Å². The number of aliphatic hydroxyl groups is 1. The molecule has 5 nitrogen and oxygen atoms in total. The van der Waals surface area contributed by atoms with Crippen LogP contribution in [0.3, 0.4) is 0 Å².